The van der Waals surface area contributed by atoms with Crippen LogP contribution in [0.2, 0.25) is 0 Å². The van der Waals surface area contributed by atoms with Gasteiger partial charge < -0.3 is 5.73 Å². The summed E-state index contributed by atoms with van der Waals surface area (Å²) < 4.78 is 14.6. The van der Waals surface area contributed by atoms with E-state index in [0.29, 0.717) is 13.0 Å². The molecule has 92 valence electrons. The van der Waals surface area contributed by atoms with Gasteiger partial charge in [-0.1, -0.05) is 12.1 Å². The highest BCUT2D eigenvalue weighted by atomic mass is 32.1. The Balaban J connectivity index is 1.90. The summed E-state index contributed by atoms with van der Waals surface area (Å²) in [7, 11) is 0. The molecule has 0 aliphatic heterocycles. The van der Waals surface area contributed by atoms with Crippen molar-refractivity contribution in [1.82, 2.24) is 14.6 Å². The van der Waals surface area contributed by atoms with Gasteiger partial charge in [0.25, 0.3) is 0 Å². The normalized spacial score (nSPS) is 11.2. The van der Waals surface area contributed by atoms with Gasteiger partial charge in [-0.25, -0.2) is 13.9 Å². The van der Waals surface area contributed by atoms with E-state index in [2.05, 4.69) is 10.1 Å². The second-order valence-electron chi connectivity index (χ2n) is 3.96. The molecule has 0 amide bonds. The van der Waals surface area contributed by atoms with E-state index in [-0.39, 0.29) is 5.82 Å². The minimum Gasteiger partial charge on any atom is -0.325 e. The van der Waals surface area contributed by atoms with Crippen LogP contribution in [0.3, 0.4) is 0 Å². The zero-order valence-electron chi connectivity index (χ0n) is 9.51. The molecule has 4 nitrogen and oxygen atoms in total. The summed E-state index contributed by atoms with van der Waals surface area (Å²) in [6.45, 7) is 0.444. The highest BCUT2D eigenvalue weighted by Gasteiger charge is 2.09. The lowest BCUT2D eigenvalue weighted by molar-refractivity contribution is 0.627. The standard InChI is InChI=1S/C12H11FN4S/c13-9-3-1-8(2-4-9)5-11-15-12-17(16-11)10(6-14)7-18-12/h1-4,7H,5-6,14H2. The fraction of sp³-hybridized carbons (Fsp3) is 0.167. The molecule has 18 heavy (non-hydrogen) atoms. The maximum atomic E-state index is 12.8. The van der Waals surface area contributed by atoms with Crippen molar-refractivity contribution in [1.29, 1.82) is 0 Å². The molecule has 0 atom stereocenters. The van der Waals surface area contributed by atoms with Crippen LogP contribution in [0, 0.1) is 5.82 Å². The number of rotatable bonds is 3. The molecule has 0 aliphatic carbocycles. The van der Waals surface area contributed by atoms with Crippen molar-refractivity contribution in [3.8, 4) is 0 Å². The Hall–Kier alpha value is -1.79. The Morgan fingerprint density at radius 1 is 1.28 bits per heavy atom. The number of benzene rings is 1. The van der Waals surface area contributed by atoms with E-state index in [1.807, 2.05) is 5.38 Å². The van der Waals surface area contributed by atoms with Crippen molar-refractivity contribution in [2.45, 2.75) is 13.0 Å². The van der Waals surface area contributed by atoms with Crippen molar-refractivity contribution in [3.05, 3.63) is 52.5 Å². The first kappa shape index (κ1) is 11.3. The van der Waals surface area contributed by atoms with Gasteiger partial charge in [0, 0.05) is 18.3 Å². The monoisotopic (exact) mass is 262 g/mol. The summed E-state index contributed by atoms with van der Waals surface area (Å²) in [5, 5.41) is 6.36. The van der Waals surface area contributed by atoms with E-state index in [1.165, 1.54) is 23.5 Å². The minimum absolute atomic E-state index is 0.233. The van der Waals surface area contributed by atoms with Crippen LogP contribution in [-0.2, 0) is 13.0 Å². The Kier molecular flexibility index (Phi) is 2.81. The number of hydrogen-bond acceptors (Lipinski definition) is 4. The smallest absolute Gasteiger partial charge is 0.212 e. The molecule has 0 saturated carbocycles. The number of thiazole rings is 1. The zero-order valence-corrected chi connectivity index (χ0v) is 10.3. The van der Waals surface area contributed by atoms with E-state index in [1.54, 1.807) is 16.6 Å². The van der Waals surface area contributed by atoms with Crippen LogP contribution >= 0.6 is 11.3 Å². The van der Waals surface area contributed by atoms with Crippen molar-refractivity contribution in [3.63, 3.8) is 0 Å². The maximum absolute atomic E-state index is 12.8. The summed E-state index contributed by atoms with van der Waals surface area (Å²) >= 11 is 1.52. The molecule has 0 saturated heterocycles. The number of halogens is 1. The van der Waals surface area contributed by atoms with Gasteiger partial charge in [0.15, 0.2) is 5.82 Å². The second-order valence-corrected chi connectivity index (χ2v) is 4.79. The average molecular weight is 262 g/mol. The molecule has 6 heteroatoms. The van der Waals surface area contributed by atoms with E-state index in [0.717, 1.165) is 22.0 Å². The molecule has 0 fully saturated rings. The molecule has 2 N–H and O–H groups in total. The molecule has 0 bridgehead atoms. The highest BCUT2D eigenvalue weighted by Crippen LogP contribution is 2.15. The second kappa shape index (κ2) is 4.47. The summed E-state index contributed by atoms with van der Waals surface area (Å²) in [6, 6.07) is 6.38. The van der Waals surface area contributed by atoms with Crippen LogP contribution in [0.1, 0.15) is 17.1 Å². The van der Waals surface area contributed by atoms with Crippen LogP contribution in [0.4, 0.5) is 4.39 Å². The van der Waals surface area contributed by atoms with Gasteiger partial charge in [-0.05, 0) is 17.7 Å². The van der Waals surface area contributed by atoms with Crippen molar-refractivity contribution < 1.29 is 4.39 Å². The molecule has 0 radical (unpaired) electrons. The van der Waals surface area contributed by atoms with Crippen LogP contribution in [0.15, 0.2) is 29.6 Å². The largest absolute Gasteiger partial charge is 0.325 e. The van der Waals surface area contributed by atoms with Crippen LogP contribution in [0.25, 0.3) is 4.96 Å². The fourth-order valence-corrected chi connectivity index (χ4v) is 2.62. The van der Waals surface area contributed by atoms with Gasteiger partial charge in [0.1, 0.15) is 5.82 Å². The van der Waals surface area contributed by atoms with E-state index in [4.69, 9.17) is 5.73 Å². The van der Waals surface area contributed by atoms with Crippen LogP contribution < -0.4 is 5.73 Å². The molecule has 3 aromatic rings. The Labute approximate surface area is 107 Å². The van der Waals surface area contributed by atoms with Gasteiger partial charge in [0.05, 0.1) is 5.69 Å². The van der Waals surface area contributed by atoms with Crippen molar-refractivity contribution in [2.75, 3.05) is 0 Å². The summed E-state index contributed by atoms with van der Waals surface area (Å²) in [5.74, 6) is 0.492. The molecule has 0 aliphatic rings. The SMILES string of the molecule is NCc1csc2nc(Cc3ccc(F)cc3)nn12. The summed E-state index contributed by atoms with van der Waals surface area (Å²) in [6.07, 6.45) is 0.596. The Morgan fingerprint density at radius 2 is 2.06 bits per heavy atom. The summed E-state index contributed by atoms with van der Waals surface area (Å²) in [4.78, 5) is 5.26. The third-order valence-corrected chi connectivity index (χ3v) is 3.54. The quantitative estimate of drug-likeness (QED) is 0.785. The average Bonchev–Trinajstić information content (AvgIpc) is 2.91. The minimum atomic E-state index is -0.233. The topological polar surface area (TPSA) is 56.2 Å². The van der Waals surface area contributed by atoms with Gasteiger partial charge in [-0.15, -0.1) is 16.4 Å². The maximum Gasteiger partial charge on any atom is 0.212 e. The Bertz CT molecular complexity index is 671. The number of aromatic nitrogens is 3. The lowest BCUT2D eigenvalue weighted by atomic mass is 10.1. The van der Waals surface area contributed by atoms with Gasteiger partial charge in [-0.2, -0.15) is 0 Å². The van der Waals surface area contributed by atoms with Crippen molar-refractivity contribution >= 4 is 16.3 Å². The first-order valence-corrected chi connectivity index (χ1v) is 6.41. The van der Waals surface area contributed by atoms with E-state index >= 15 is 0 Å². The predicted octanol–water partition coefficient (Wildman–Crippen LogP) is 1.98. The first-order chi connectivity index (χ1) is 8.76. The number of nitrogens with zero attached hydrogens (tertiary/aromatic N) is 3. The van der Waals surface area contributed by atoms with E-state index in [9.17, 15) is 4.39 Å². The fourth-order valence-electron chi connectivity index (χ4n) is 1.77. The first-order valence-electron chi connectivity index (χ1n) is 5.53. The highest BCUT2D eigenvalue weighted by molar-refractivity contribution is 7.15. The molecule has 1 aromatic carbocycles. The van der Waals surface area contributed by atoms with Gasteiger partial charge in [-0.3, -0.25) is 0 Å². The third-order valence-electron chi connectivity index (χ3n) is 2.68. The number of nitrogens with two attached hydrogens (primary N) is 1. The predicted molar refractivity (Wildman–Crippen MR) is 68.0 cm³/mol. The zero-order chi connectivity index (χ0) is 12.5. The van der Waals surface area contributed by atoms with Gasteiger partial charge in [0.2, 0.25) is 4.96 Å². The molecular weight excluding hydrogens is 251 g/mol. The van der Waals surface area contributed by atoms with Crippen LogP contribution in [0.5, 0.6) is 0 Å². The lowest BCUT2D eigenvalue weighted by Gasteiger charge is -1.96. The van der Waals surface area contributed by atoms with Crippen molar-refractivity contribution in [2.24, 2.45) is 5.73 Å². The van der Waals surface area contributed by atoms with E-state index < -0.39 is 0 Å². The lowest BCUT2D eigenvalue weighted by Crippen LogP contribution is -2.01. The number of fused-ring (bicyclic) bond motifs is 1. The molecule has 0 spiro atoms. The van der Waals surface area contributed by atoms with Gasteiger partial charge >= 0.3 is 0 Å². The number of hydrogen-bond donors (Lipinski definition) is 1. The molecule has 3 rings (SSSR count). The van der Waals surface area contributed by atoms with Crippen LogP contribution in [-0.4, -0.2) is 14.6 Å². The Morgan fingerprint density at radius 3 is 2.78 bits per heavy atom. The molecule has 0 unspecified atom stereocenters. The molecule has 2 aromatic heterocycles. The third kappa shape index (κ3) is 2.00. The molecular formula is C12H11FN4S. The summed E-state index contributed by atoms with van der Waals surface area (Å²) in [5.41, 5.74) is 7.56. The molecule has 2 heterocycles.